The van der Waals surface area contributed by atoms with Gasteiger partial charge in [-0.05, 0) is 25.3 Å². The number of β-amino-alcohol motifs (C(OH)–C–C–N with tert-alkyl or cyclic N) is 2. The standard InChI is InChI=1S/C12H24N2O3/c1-2-9(5-6-13)3-4-12(17)14-7-10(15)11(16)8-14/h9-11,15-16H,2-8,13H2,1H3/t9?,10-,11+. The van der Waals surface area contributed by atoms with Crippen LogP contribution in [0, 0.1) is 5.92 Å². The smallest absolute Gasteiger partial charge is 0.222 e. The molecule has 3 atom stereocenters. The third kappa shape index (κ3) is 4.26. The van der Waals surface area contributed by atoms with Crippen LogP contribution in [0.2, 0.25) is 0 Å². The summed E-state index contributed by atoms with van der Waals surface area (Å²) in [4.78, 5) is 13.4. The van der Waals surface area contributed by atoms with E-state index in [4.69, 9.17) is 5.73 Å². The van der Waals surface area contributed by atoms with Gasteiger partial charge in [0, 0.05) is 19.5 Å². The lowest BCUT2D eigenvalue weighted by molar-refractivity contribution is -0.131. The Morgan fingerprint density at radius 3 is 2.41 bits per heavy atom. The molecule has 0 aromatic rings. The summed E-state index contributed by atoms with van der Waals surface area (Å²) in [6, 6.07) is 0. The van der Waals surface area contributed by atoms with Crippen LogP contribution in [0.1, 0.15) is 32.6 Å². The molecule has 0 aromatic heterocycles. The molecule has 1 heterocycles. The van der Waals surface area contributed by atoms with Gasteiger partial charge in [-0.15, -0.1) is 0 Å². The number of likely N-dealkylation sites (tertiary alicyclic amines) is 1. The summed E-state index contributed by atoms with van der Waals surface area (Å²) in [5, 5.41) is 18.7. The molecular weight excluding hydrogens is 220 g/mol. The first-order chi connectivity index (χ1) is 8.08. The molecule has 1 rings (SSSR count). The van der Waals surface area contributed by atoms with E-state index in [1.54, 1.807) is 4.90 Å². The van der Waals surface area contributed by atoms with Crippen molar-refractivity contribution in [2.75, 3.05) is 19.6 Å². The highest BCUT2D eigenvalue weighted by atomic mass is 16.3. The fourth-order valence-corrected chi connectivity index (χ4v) is 2.25. The van der Waals surface area contributed by atoms with E-state index < -0.39 is 12.2 Å². The fourth-order valence-electron chi connectivity index (χ4n) is 2.25. The molecule has 100 valence electrons. The molecule has 0 spiro atoms. The van der Waals surface area contributed by atoms with Gasteiger partial charge in [-0.25, -0.2) is 0 Å². The predicted octanol–water partition coefficient (Wildman–Crippen LogP) is -0.294. The number of rotatable bonds is 6. The maximum Gasteiger partial charge on any atom is 0.222 e. The summed E-state index contributed by atoms with van der Waals surface area (Å²) in [7, 11) is 0. The van der Waals surface area contributed by atoms with E-state index >= 15 is 0 Å². The first-order valence-corrected chi connectivity index (χ1v) is 6.42. The lowest BCUT2D eigenvalue weighted by atomic mass is 9.96. The summed E-state index contributed by atoms with van der Waals surface area (Å²) in [5.41, 5.74) is 5.51. The zero-order valence-corrected chi connectivity index (χ0v) is 10.5. The molecule has 4 N–H and O–H groups in total. The number of aliphatic hydroxyl groups is 2. The number of nitrogens with zero attached hydrogens (tertiary/aromatic N) is 1. The topological polar surface area (TPSA) is 86.8 Å². The fraction of sp³-hybridized carbons (Fsp3) is 0.917. The second kappa shape index (κ2) is 6.93. The molecule has 0 bridgehead atoms. The molecule has 0 radical (unpaired) electrons. The third-order valence-corrected chi connectivity index (χ3v) is 3.53. The molecule has 1 amide bonds. The van der Waals surface area contributed by atoms with Crippen LogP contribution in [-0.4, -0.2) is 52.9 Å². The van der Waals surface area contributed by atoms with Gasteiger partial charge >= 0.3 is 0 Å². The molecule has 1 fully saturated rings. The Morgan fingerprint density at radius 1 is 1.35 bits per heavy atom. The number of nitrogens with two attached hydrogens (primary N) is 1. The van der Waals surface area contributed by atoms with Crippen LogP contribution in [-0.2, 0) is 4.79 Å². The van der Waals surface area contributed by atoms with Crippen molar-refractivity contribution in [3.8, 4) is 0 Å². The van der Waals surface area contributed by atoms with E-state index in [1.807, 2.05) is 0 Å². The minimum atomic E-state index is -0.787. The van der Waals surface area contributed by atoms with Crippen molar-refractivity contribution in [1.82, 2.24) is 4.90 Å². The molecule has 1 saturated heterocycles. The van der Waals surface area contributed by atoms with E-state index in [-0.39, 0.29) is 19.0 Å². The molecule has 5 nitrogen and oxygen atoms in total. The van der Waals surface area contributed by atoms with Crippen LogP contribution in [0.15, 0.2) is 0 Å². The monoisotopic (exact) mass is 244 g/mol. The second-order valence-corrected chi connectivity index (χ2v) is 4.82. The van der Waals surface area contributed by atoms with Gasteiger partial charge in [0.25, 0.3) is 0 Å². The molecular formula is C12H24N2O3. The Bertz CT molecular complexity index is 238. The molecule has 17 heavy (non-hydrogen) atoms. The number of amides is 1. The van der Waals surface area contributed by atoms with E-state index in [1.165, 1.54) is 0 Å². The average Bonchev–Trinajstić information content (AvgIpc) is 2.64. The van der Waals surface area contributed by atoms with Gasteiger partial charge in [-0.1, -0.05) is 13.3 Å². The van der Waals surface area contributed by atoms with Gasteiger partial charge in [0.1, 0.15) is 0 Å². The van der Waals surface area contributed by atoms with Crippen molar-refractivity contribution in [1.29, 1.82) is 0 Å². The zero-order chi connectivity index (χ0) is 12.8. The van der Waals surface area contributed by atoms with Crippen molar-refractivity contribution in [2.24, 2.45) is 11.7 Å². The van der Waals surface area contributed by atoms with Crippen molar-refractivity contribution >= 4 is 5.91 Å². The Labute approximate surface area is 103 Å². The van der Waals surface area contributed by atoms with Crippen LogP contribution in [0.4, 0.5) is 0 Å². The number of hydrogen-bond acceptors (Lipinski definition) is 4. The highest BCUT2D eigenvalue weighted by Gasteiger charge is 2.32. The van der Waals surface area contributed by atoms with Crippen molar-refractivity contribution in [3.63, 3.8) is 0 Å². The summed E-state index contributed by atoms with van der Waals surface area (Å²) >= 11 is 0. The third-order valence-electron chi connectivity index (χ3n) is 3.53. The van der Waals surface area contributed by atoms with Crippen molar-refractivity contribution < 1.29 is 15.0 Å². The number of carbonyl (C=O) groups excluding carboxylic acids is 1. The van der Waals surface area contributed by atoms with Crippen LogP contribution < -0.4 is 5.73 Å². The zero-order valence-electron chi connectivity index (χ0n) is 10.5. The molecule has 1 aliphatic rings. The summed E-state index contributed by atoms with van der Waals surface area (Å²) in [6.07, 6.45) is 1.74. The Kier molecular flexibility index (Phi) is 5.88. The first kappa shape index (κ1) is 14.4. The molecule has 0 saturated carbocycles. The van der Waals surface area contributed by atoms with Crippen molar-refractivity contribution in [2.45, 2.75) is 44.8 Å². The van der Waals surface area contributed by atoms with Crippen molar-refractivity contribution in [3.05, 3.63) is 0 Å². The first-order valence-electron chi connectivity index (χ1n) is 6.42. The highest BCUT2D eigenvalue weighted by Crippen LogP contribution is 2.17. The molecule has 0 aromatic carbocycles. The molecule has 1 unspecified atom stereocenters. The van der Waals surface area contributed by atoms with Gasteiger partial charge < -0.3 is 20.8 Å². The number of aliphatic hydroxyl groups excluding tert-OH is 2. The molecule has 0 aliphatic carbocycles. The molecule has 1 aliphatic heterocycles. The van der Waals surface area contributed by atoms with Gasteiger partial charge in [-0.2, -0.15) is 0 Å². The van der Waals surface area contributed by atoms with Crippen LogP contribution in [0.5, 0.6) is 0 Å². The second-order valence-electron chi connectivity index (χ2n) is 4.82. The lowest BCUT2D eigenvalue weighted by Gasteiger charge is -2.18. The maximum absolute atomic E-state index is 11.8. The van der Waals surface area contributed by atoms with Crippen LogP contribution >= 0.6 is 0 Å². The van der Waals surface area contributed by atoms with E-state index in [0.717, 1.165) is 19.3 Å². The Balaban J connectivity index is 2.30. The van der Waals surface area contributed by atoms with Gasteiger partial charge in [0.05, 0.1) is 12.2 Å². The maximum atomic E-state index is 11.8. The Morgan fingerprint density at radius 2 is 1.94 bits per heavy atom. The highest BCUT2D eigenvalue weighted by molar-refractivity contribution is 5.76. The predicted molar refractivity (Wildman–Crippen MR) is 65.3 cm³/mol. The summed E-state index contributed by atoms with van der Waals surface area (Å²) in [6.45, 7) is 3.28. The summed E-state index contributed by atoms with van der Waals surface area (Å²) in [5.74, 6) is 0.525. The van der Waals surface area contributed by atoms with E-state index in [9.17, 15) is 15.0 Å². The number of carbonyl (C=O) groups is 1. The van der Waals surface area contributed by atoms with Crippen LogP contribution in [0.25, 0.3) is 0 Å². The number of hydrogen-bond donors (Lipinski definition) is 3. The lowest BCUT2D eigenvalue weighted by Crippen LogP contribution is -2.30. The largest absolute Gasteiger partial charge is 0.388 e. The Hall–Kier alpha value is -0.650. The quantitative estimate of drug-likeness (QED) is 0.599. The normalized spacial score (nSPS) is 26.2. The SMILES string of the molecule is CCC(CCN)CCC(=O)N1C[C@@H](O)[C@@H](O)C1. The minimum absolute atomic E-state index is 0.0241. The van der Waals surface area contributed by atoms with Gasteiger partial charge in [-0.3, -0.25) is 4.79 Å². The molecule has 5 heteroatoms. The van der Waals surface area contributed by atoms with Gasteiger partial charge in [0.2, 0.25) is 5.91 Å². The minimum Gasteiger partial charge on any atom is -0.388 e. The van der Waals surface area contributed by atoms with E-state index in [2.05, 4.69) is 6.92 Å². The van der Waals surface area contributed by atoms with Gasteiger partial charge in [0.15, 0.2) is 0 Å². The van der Waals surface area contributed by atoms with Crippen LogP contribution in [0.3, 0.4) is 0 Å². The van der Waals surface area contributed by atoms with E-state index in [0.29, 0.717) is 18.9 Å². The average molecular weight is 244 g/mol. The summed E-state index contributed by atoms with van der Waals surface area (Å²) < 4.78 is 0.